The van der Waals surface area contributed by atoms with Crippen LogP contribution >= 0.6 is 0 Å². The van der Waals surface area contributed by atoms with Gasteiger partial charge in [0.25, 0.3) is 5.56 Å². The van der Waals surface area contributed by atoms with Gasteiger partial charge in [-0.2, -0.15) is 0 Å². The van der Waals surface area contributed by atoms with Gasteiger partial charge in [-0.15, -0.1) is 0 Å². The molecular weight excluding hydrogens is 250 g/mol. The van der Waals surface area contributed by atoms with E-state index in [0.29, 0.717) is 5.69 Å². The van der Waals surface area contributed by atoms with Crippen LogP contribution in [0.2, 0.25) is 0 Å². The van der Waals surface area contributed by atoms with Crippen LogP contribution in [0.4, 0.5) is 11.4 Å². The molecule has 0 radical (unpaired) electrons. The second-order valence-electron chi connectivity index (χ2n) is 5.39. The molecule has 0 amide bonds. The molecule has 0 saturated carbocycles. The van der Waals surface area contributed by atoms with Gasteiger partial charge in [-0.1, -0.05) is 24.3 Å². The molecule has 2 heterocycles. The maximum absolute atomic E-state index is 12.1. The van der Waals surface area contributed by atoms with Crippen LogP contribution < -0.4 is 16.2 Å². The van der Waals surface area contributed by atoms with Crippen molar-refractivity contribution in [3.05, 3.63) is 57.5 Å². The van der Waals surface area contributed by atoms with Gasteiger partial charge in [-0.3, -0.25) is 4.79 Å². The fourth-order valence-corrected chi connectivity index (χ4v) is 2.79. The molecule has 1 aromatic heterocycles. The van der Waals surface area contributed by atoms with Crippen LogP contribution in [0.5, 0.6) is 0 Å². The number of nitrogens with zero attached hydrogens (tertiary/aromatic N) is 2. The van der Waals surface area contributed by atoms with Crippen LogP contribution in [0.3, 0.4) is 0 Å². The minimum Gasteiger partial charge on any atom is -0.393 e. The number of benzene rings is 1. The van der Waals surface area contributed by atoms with E-state index in [1.807, 2.05) is 13.0 Å². The lowest BCUT2D eigenvalue weighted by molar-refractivity contribution is 0.725. The molecule has 0 bridgehead atoms. The summed E-state index contributed by atoms with van der Waals surface area (Å²) >= 11 is 0. The van der Waals surface area contributed by atoms with E-state index in [4.69, 9.17) is 5.73 Å². The van der Waals surface area contributed by atoms with Gasteiger partial charge >= 0.3 is 0 Å². The normalized spacial score (nSPS) is 14.2. The standard InChI is InChI=1S/C16H19N3O/c1-11-9-14(15(17)16(20)18(11)2)19-8-7-12-5-3-4-6-13(12)10-19/h3-6,9H,7-8,10,17H2,1-2H3. The van der Waals surface area contributed by atoms with E-state index in [1.165, 1.54) is 11.1 Å². The average molecular weight is 269 g/mol. The Morgan fingerprint density at radius 1 is 1.20 bits per heavy atom. The minimum absolute atomic E-state index is 0.112. The number of pyridine rings is 1. The number of anilines is 2. The zero-order valence-corrected chi connectivity index (χ0v) is 11.9. The molecule has 0 spiro atoms. The second kappa shape index (κ2) is 4.71. The molecule has 104 valence electrons. The van der Waals surface area contributed by atoms with Crippen LogP contribution in [-0.2, 0) is 20.0 Å². The molecule has 0 unspecified atom stereocenters. The Morgan fingerprint density at radius 3 is 2.65 bits per heavy atom. The molecule has 4 nitrogen and oxygen atoms in total. The number of fused-ring (bicyclic) bond motifs is 1. The van der Waals surface area contributed by atoms with Crippen LogP contribution in [0, 0.1) is 6.92 Å². The van der Waals surface area contributed by atoms with Gasteiger partial charge in [-0.05, 0) is 30.5 Å². The Hall–Kier alpha value is -2.23. The molecule has 20 heavy (non-hydrogen) atoms. The van der Waals surface area contributed by atoms with E-state index in [1.54, 1.807) is 11.6 Å². The fraction of sp³-hybridized carbons (Fsp3) is 0.312. The molecule has 3 rings (SSSR count). The fourth-order valence-electron chi connectivity index (χ4n) is 2.79. The third-order valence-electron chi connectivity index (χ3n) is 4.16. The summed E-state index contributed by atoms with van der Waals surface area (Å²) < 4.78 is 1.59. The summed E-state index contributed by atoms with van der Waals surface area (Å²) in [6, 6.07) is 10.5. The highest BCUT2D eigenvalue weighted by Crippen LogP contribution is 2.27. The van der Waals surface area contributed by atoms with Crippen molar-refractivity contribution < 1.29 is 0 Å². The summed E-state index contributed by atoms with van der Waals surface area (Å²) in [7, 11) is 1.75. The molecule has 0 atom stereocenters. The number of nitrogens with two attached hydrogens (primary N) is 1. The summed E-state index contributed by atoms with van der Waals surface area (Å²) in [5.74, 6) is 0. The number of hydrogen-bond donors (Lipinski definition) is 1. The maximum atomic E-state index is 12.1. The summed E-state index contributed by atoms with van der Waals surface area (Å²) in [5.41, 5.74) is 10.8. The minimum atomic E-state index is -0.112. The zero-order chi connectivity index (χ0) is 14.3. The van der Waals surface area contributed by atoms with Gasteiger partial charge in [0.05, 0.1) is 5.69 Å². The third-order valence-corrected chi connectivity index (χ3v) is 4.16. The summed E-state index contributed by atoms with van der Waals surface area (Å²) in [5, 5.41) is 0. The van der Waals surface area contributed by atoms with Crippen molar-refractivity contribution in [2.24, 2.45) is 7.05 Å². The van der Waals surface area contributed by atoms with Crippen molar-refractivity contribution >= 4 is 11.4 Å². The molecule has 2 aromatic rings. The second-order valence-corrected chi connectivity index (χ2v) is 5.39. The van der Waals surface area contributed by atoms with E-state index >= 15 is 0 Å². The van der Waals surface area contributed by atoms with Crippen LogP contribution in [0.15, 0.2) is 35.1 Å². The Labute approximate surface area is 118 Å². The van der Waals surface area contributed by atoms with E-state index < -0.39 is 0 Å². The average Bonchev–Trinajstić information content (AvgIpc) is 2.48. The lowest BCUT2D eigenvalue weighted by Crippen LogP contribution is -2.33. The molecule has 4 heteroatoms. The first-order valence-electron chi connectivity index (χ1n) is 6.86. The molecular formula is C16H19N3O. The van der Waals surface area contributed by atoms with Gasteiger partial charge < -0.3 is 15.2 Å². The Balaban J connectivity index is 2.02. The first-order chi connectivity index (χ1) is 9.58. The molecule has 0 saturated heterocycles. The SMILES string of the molecule is Cc1cc(N2CCc3ccccc3C2)c(N)c(=O)n1C. The monoisotopic (exact) mass is 269 g/mol. The van der Waals surface area contributed by atoms with E-state index in [0.717, 1.165) is 30.9 Å². The molecule has 0 aliphatic carbocycles. The van der Waals surface area contributed by atoms with Gasteiger partial charge in [0.15, 0.2) is 0 Å². The number of aromatic nitrogens is 1. The van der Waals surface area contributed by atoms with Gasteiger partial charge in [0.1, 0.15) is 5.69 Å². The van der Waals surface area contributed by atoms with E-state index in [-0.39, 0.29) is 5.56 Å². The Kier molecular flexibility index (Phi) is 3.01. The lowest BCUT2D eigenvalue weighted by Gasteiger charge is -2.31. The summed E-state index contributed by atoms with van der Waals surface area (Å²) in [4.78, 5) is 14.3. The number of rotatable bonds is 1. The van der Waals surface area contributed by atoms with Gasteiger partial charge in [0.2, 0.25) is 0 Å². The predicted octanol–water partition coefficient (Wildman–Crippen LogP) is 1.84. The first kappa shape index (κ1) is 12.8. The lowest BCUT2D eigenvalue weighted by atomic mass is 9.99. The largest absolute Gasteiger partial charge is 0.393 e. The maximum Gasteiger partial charge on any atom is 0.275 e. The first-order valence-corrected chi connectivity index (χ1v) is 6.86. The smallest absolute Gasteiger partial charge is 0.275 e. The van der Waals surface area contributed by atoms with Crippen LogP contribution in [0.1, 0.15) is 16.8 Å². The highest BCUT2D eigenvalue weighted by molar-refractivity contribution is 5.67. The highest BCUT2D eigenvalue weighted by Gasteiger charge is 2.19. The molecule has 1 aliphatic heterocycles. The van der Waals surface area contributed by atoms with Crippen molar-refractivity contribution in [2.75, 3.05) is 17.2 Å². The van der Waals surface area contributed by atoms with Gasteiger partial charge in [0, 0.05) is 25.8 Å². The zero-order valence-electron chi connectivity index (χ0n) is 11.9. The van der Waals surface area contributed by atoms with Gasteiger partial charge in [-0.25, -0.2) is 0 Å². The summed E-state index contributed by atoms with van der Waals surface area (Å²) in [6.07, 6.45) is 0.990. The van der Waals surface area contributed by atoms with Crippen molar-refractivity contribution in [3.8, 4) is 0 Å². The van der Waals surface area contributed by atoms with E-state index in [9.17, 15) is 4.79 Å². The van der Waals surface area contributed by atoms with Crippen molar-refractivity contribution in [1.82, 2.24) is 4.57 Å². The quantitative estimate of drug-likeness (QED) is 0.859. The Bertz CT molecular complexity index is 718. The number of aryl methyl sites for hydroxylation is 1. The third kappa shape index (κ3) is 1.97. The molecule has 1 aliphatic rings. The topological polar surface area (TPSA) is 51.3 Å². The van der Waals surface area contributed by atoms with Crippen LogP contribution in [-0.4, -0.2) is 11.1 Å². The van der Waals surface area contributed by atoms with E-state index in [2.05, 4.69) is 29.2 Å². The van der Waals surface area contributed by atoms with Crippen molar-refractivity contribution in [2.45, 2.75) is 19.9 Å². The number of nitrogen functional groups attached to an aromatic ring is 1. The van der Waals surface area contributed by atoms with Crippen molar-refractivity contribution in [3.63, 3.8) is 0 Å². The molecule has 2 N–H and O–H groups in total. The number of hydrogen-bond acceptors (Lipinski definition) is 3. The summed E-state index contributed by atoms with van der Waals surface area (Å²) in [6.45, 7) is 3.64. The van der Waals surface area contributed by atoms with Crippen molar-refractivity contribution in [1.29, 1.82) is 0 Å². The molecule has 1 aromatic carbocycles. The Morgan fingerprint density at radius 2 is 1.90 bits per heavy atom. The highest BCUT2D eigenvalue weighted by atomic mass is 16.1. The predicted molar refractivity (Wildman–Crippen MR) is 82.0 cm³/mol. The molecule has 0 fully saturated rings. The van der Waals surface area contributed by atoms with Crippen LogP contribution in [0.25, 0.3) is 0 Å².